The third kappa shape index (κ3) is 3.58. The SMILES string of the molecule is COc1ccc(NC2CCCC(C)C2)c(C(F)(F)F)c1. The van der Waals surface area contributed by atoms with Gasteiger partial charge in [-0.3, -0.25) is 0 Å². The number of rotatable bonds is 3. The van der Waals surface area contributed by atoms with Crippen molar-refractivity contribution in [1.82, 2.24) is 0 Å². The zero-order chi connectivity index (χ0) is 14.8. The molecule has 5 heteroatoms. The highest BCUT2D eigenvalue weighted by atomic mass is 19.4. The van der Waals surface area contributed by atoms with Crippen LogP contribution in [-0.4, -0.2) is 13.2 Å². The molecule has 1 saturated carbocycles. The number of nitrogens with one attached hydrogen (secondary N) is 1. The molecule has 1 N–H and O–H groups in total. The maximum absolute atomic E-state index is 13.1. The van der Waals surface area contributed by atoms with E-state index in [9.17, 15) is 13.2 Å². The second-order valence-electron chi connectivity index (χ2n) is 5.52. The second-order valence-corrected chi connectivity index (χ2v) is 5.52. The van der Waals surface area contributed by atoms with Gasteiger partial charge in [0.1, 0.15) is 5.75 Å². The smallest absolute Gasteiger partial charge is 0.418 e. The van der Waals surface area contributed by atoms with Gasteiger partial charge in [-0.2, -0.15) is 13.2 Å². The molecular formula is C15H20F3NO. The van der Waals surface area contributed by atoms with E-state index in [1.54, 1.807) is 6.07 Å². The number of halogens is 3. The molecule has 112 valence electrons. The molecule has 0 spiro atoms. The molecule has 1 fully saturated rings. The lowest BCUT2D eigenvalue weighted by molar-refractivity contribution is -0.137. The van der Waals surface area contributed by atoms with Crippen molar-refractivity contribution in [3.8, 4) is 5.75 Å². The quantitative estimate of drug-likeness (QED) is 0.869. The van der Waals surface area contributed by atoms with E-state index >= 15 is 0 Å². The maximum atomic E-state index is 13.1. The molecule has 0 heterocycles. The molecule has 2 nitrogen and oxygen atoms in total. The predicted octanol–water partition coefficient (Wildman–Crippen LogP) is 4.70. The first-order valence-electron chi connectivity index (χ1n) is 6.92. The van der Waals surface area contributed by atoms with Crippen LogP contribution >= 0.6 is 0 Å². The summed E-state index contributed by atoms with van der Waals surface area (Å²) in [6.45, 7) is 2.15. The summed E-state index contributed by atoms with van der Waals surface area (Å²) >= 11 is 0. The van der Waals surface area contributed by atoms with Crippen molar-refractivity contribution in [3.63, 3.8) is 0 Å². The minimum absolute atomic E-state index is 0.119. The van der Waals surface area contributed by atoms with Crippen LogP contribution in [0.1, 0.15) is 38.2 Å². The van der Waals surface area contributed by atoms with Crippen molar-refractivity contribution in [3.05, 3.63) is 23.8 Å². The van der Waals surface area contributed by atoms with Crippen molar-refractivity contribution >= 4 is 5.69 Å². The van der Waals surface area contributed by atoms with Crippen LogP contribution in [0.25, 0.3) is 0 Å². The fraction of sp³-hybridized carbons (Fsp3) is 0.600. The van der Waals surface area contributed by atoms with Crippen molar-refractivity contribution in [2.24, 2.45) is 5.92 Å². The van der Waals surface area contributed by atoms with Gasteiger partial charge in [-0.15, -0.1) is 0 Å². The van der Waals surface area contributed by atoms with E-state index in [0.29, 0.717) is 5.92 Å². The van der Waals surface area contributed by atoms with Crippen LogP contribution in [0.15, 0.2) is 18.2 Å². The highest BCUT2D eigenvalue weighted by Gasteiger charge is 2.34. The Bertz CT molecular complexity index is 459. The van der Waals surface area contributed by atoms with E-state index in [-0.39, 0.29) is 17.5 Å². The average Bonchev–Trinajstić information content (AvgIpc) is 2.38. The molecule has 1 aromatic carbocycles. The summed E-state index contributed by atoms with van der Waals surface area (Å²) in [4.78, 5) is 0. The van der Waals surface area contributed by atoms with Gasteiger partial charge >= 0.3 is 6.18 Å². The van der Waals surface area contributed by atoms with Crippen LogP contribution in [0.4, 0.5) is 18.9 Å². The summed E-state index contributed by atoms with van der Waals surface area (Å²) in [5, 5.41) is 3.06. The van der Waals surface area contributed by atoms with E-state index in [2.05, 4.69) is 12.2 Å². The molecule has 1 aliphatic carbocycles. The molecule has 1 aliphatic rings. The highest BCUT2D eigenvalue weighted by molar-refractivity contribution is 5.56. The number of methoxy groups -OCH3 is 1. The van der Waals surface area contributed by atoms with Crippen molar-refractivity contribution in [2.75, 3.05) is 12.4 Å². The lowest BCUT2D eigenvalue weighted by Crippen LogP contribution is -2.27. The Kier molecular flexibility index (Phi) is 4.45. The van der Waals surface area contributed by atoms with E-state index in [4.69, 9.17) is 4.74 Å². The van der Waals surface area contributed by atoms with Crippen LogP contribution in [0.3, 0.4) is 0 Å². The fourth-order valence-corrected chi connectivity index (χ4v) is 2.80. The Balaban J connectivity index is 2.22. The summed E-state index contributed by atoms with van der Waals surface area (Å²) in [7, 11) is 1.37. The van der Waals surface area contributed by atoms with Crippen molar-refractivity contribution < 1.29 is 17.9 Å². The van der Waals surface area contributed by atoms with Gasteiger partial charge in [0.2, 0.25) is 0 Å². The van der Waals surface area contributed by atoms with Gasteiger partial charge in [-0.05, 0) is 37.0 Å². The first-order chi connectivity index (χ1) is 9.40. The zero-order valence-electron chi connectivity index (χ0n) is 11.8. The highest BCUT2D eigenvalue weighted by Crippen LogP contribution is 2.38. The summed E-state index contributed by atoms with van der Waals surface area (Å²) in [6, 6.07) is 4.19. The number of hydrogen-bond acceptors (Lipinski definition) is 2. The van der Waals surface area contributed by atoms with Crippen LogP contribution < -0.4 is 10.1 Å². The van der Waals surface area contributed by atoms with Crippen molar-refractivity contribution in [1.29, 1.82) is 0 Å². The monoisotopic (exact) mass is 287 g/mol. The van der Waals surface area contributed by atoms with Gasteiger partial charge in [-0.25, -0.2) is 0 Å². The minimum Gasteiger partial charge on any atom is -0.497 e. The molecule has 2 atom stereocenters. The molecule has 0 saturated heterocycles. The molecule has 1 aromatic rings. The maximum Gasteiger partial charge on any atom is 0.418 e. The lowest BCUT2D eigenvalue weighted by atomic mass is 9.87. The normalized spacial score (nSPS) is 23.4. The first kappa shape index (κ1) is 15.0. The number of benzene rings is 1. The van der Waals surface area contributed by atoms with Crippen LogP contribution in [0.5, 0.6) is 5.75 Å². The van der Waals surface area contributed by atoms with Gasteiger partial charge in [0.25, 0.3) is 0 Å². The Morgan fingerprint density at radius 3 is 2.60 bits per heavy atom. The molecule has 0 radical (unpaired) electrons. The van der Waals surface area contributed by atoms with Gasteiger partial charge in [0.05, 0.1) is 12.7 Å². The number of ether oxygens (including phenoxy) is 1. The first-order valence-corrected chi connectivity index (χ1v) is 6.92. The summed E-state index contributed by atoms with van der Waals surface area (Å²) < 4.78 is 44.2. The predicted molar refractivity (Wildman–Crippen MR) is 73.0 cm³/mol. The third-order valence-electron chi connectivity index (χ3n) is 3.83. The minimum atomic E-state index is -4.38. The average molecular weight is 287 g/mol. The summed E-state index contributed by atoms with van der Waals surface area (Å²) in [5.74, 6) is 0.786. The number of hydrogen-bond donors (Lipinski definition) is 1. The van der Waals surface area contributed by atoms with E-state index < -0.39 is 11.7 Å². The van der Waals surface area contributed by atoms with E-state index in [1.807, 2.05) is 0 Å². The fourth-order valence-electron chi connectivity index (χ4n) is 2.80. The Morgan fingerprint density at radius 2 is 2.00 bits per heavy atom. The molecule has 2 rings (SSSR count). The molecule has 0 bridgehead atoms. The lowest BCUT2D eigenvalue weighted by Gasteiger charge is -2.29. The zero-order valence-corrected chi connectivity index (χ0v) is 11.8. The van der Waals surface area contributed by atoms with Crippen molar-refractivity contribution in [2.45, 2.75) is 44.8 Å². The Morgan fingerprint density at radius 1 is 1.25 bits per heavy atom. The van der Waals surface area contributed by atoms with E-state index in [0.717, 1.165) is 31.7 Å². The van der Waals surface area contributed by atoms with Gasteiger partial charge in [0.15, 0.2) is 0 Å². The standard InChI is InChI=1S/C15H20F3NO/c1-10-4-3-5-11(8-10)19-14-7-6-12(20-2)9-13(14)15(16,17)18/h6-7,9-11,19H,3-5,8H2,1-2H3. The molecule has 0 amide bonds. The largest absolute Gasteiger partial charge is 0.497 e. The molecule has 0 aliphatic heterocycles. The van der Waals surface area contributed by atoms with E-state index in [1.165, 1.54) is 13.2 Å². The third-order valence-corrected chi connectivity index (χ3v) is 3.83. The molecular weight excluding hydrogens is 267 g/mol. The topological polar surface area (TPSA) is 21.3 Å². The van der Waals surface area contributed by atoms with Crippen LogP contribution in [-0.2, 0) is 6.18 Å². The van der Waals surface area contributed by atoms with Gasteiger partial charge in [0, 0.05) is 11.7 Å². The molecule has 20 heavy (non-hydrogen) atoms. The Hall–Kier alpha value is -1.39. The number of anilines is 1. The number of alkyl halides is 3. The van der Waals surface area contributed by atoms with Gasteiger partial charge < -0.3 is 10.1 Å². The van der Waals surface area contributed by atoms with Gasteiger partial charge in [-0.1, -0.05) is 19.8 Å². The summed E-state index contributed by atoms with van der Waals surface area (Å²) in [6.07, 6.45) is -0.308. The van der Waals surface area contributed by atoms with Crippen LogP contribution in [0.2, 0.25) is 0 Å². The summed E-state index contributed by atoms with van der Waals surface area (Å²) in [5.41, 5.74) is -0.507. The molecule has 0 aromatic heterocycles. The Labute approximate surface area is 117 Å². The molecule has 2 unspecified atom stereocenters. The van der Waals surface area contributed by atoms with Crippen LogP contribution in [0, 0.1) is 5.92 Å². The second kappa shape index (κ2) is 5.94.